The Morgan fingerprint density at radius 2 is 1.88 bits per heavy atom. The molecule has 2 aliphatic heterocycles. The highest BCUT2D eigenvalue weighted by atomic mass is 19.4. The summed E-state index contributed by atoms with van der Waals surface area (Å²) in [4.78, 5) is 37.8. The lowest BCUT2D eigenvalue weighted by atomic mass is 9.76. The van der Waals surface area contributed by atoms with Gasteiger partial charge in [-0.3, -0.25) is 14.5 Å². The highest BCUT2D eigenvalue weighted by molar-refractivity contribution is 6.08. The average molecular weight is 455 g/mol. The first-order chi connectivity index (χ1) is 15.2. The van der Waals surface area contributed by atoms with Crippen molar-refractivity contribution in [1.82, 2.24) is 4.90 Å². The van der Waals surface area contributed by atoms with Crippen LogP contribution in [-0.4, -0.2) is 46.8 Å². The van der Waals surface area contributed by atoms with Gasteiger partial charge in [0.15, 0.2) is 11.5 Å². The number of β-lactam (4-membered cyclic amide) rings is 1. The zero-order chi connectivity index (χ0) is 23.0. The molecule has 0 unspecified atom stereocenters. The molecule has 1 saturated carbocycles. The maximum atomic E-state index is 13.7. The molecule has 4 rings (SSSR count). The Kier molecular flexibility index (Phi) is 6.05. The third-order valence-electron chi connectivity index (χ3n) is 6.69. The maximum absolute atomic E-state index is 13.7. The number of hydrogen-bond acceptors (Lipinski definition) is 5. The van der Waals surface area contributed by atoms with E-state index in [-0.39, 0.29) is 13.2 Å². The molecule has 1 saturated heterocycles. The predicted molar refractivity (Wildman–Crippen MR) is 104 cm³/mol. The van der Waals surface area contributed by atoms with Crippen LogP contribution in [0.15, 0.2) is 18.2 Å². The summed E-state index contributed by atoms with van der Waals surface area (Å²) in [7, 11) is 0. The van der Waals surface area contributed by atoms with E-state index in [1.165, 1.54) is 0 Å². The molecular formula is C22H24F3NO6. The number of nitrogens with zero attached hydrogens (tertiary/aromatic N) is 1. The summed E-state index contributed by atoms with van der Waals surface area (Å²) in [5.41, 5.74) is 0.548. The van der Waals surface area contributed by atoms with E-state index in [1.807, 2.05) is 0 Å². The topological polar surface area (TPSA) is 93.1 Å². The summed E-state index contributed by atoms with van der Waals surface area (Å²) in [6, 6.07) is 3.49. The molecule has 174 valence electrons. The number of aliphatic carboxylic acids is 1. The van der Waals surface area contributed by atoms with Crippen LogP contribution in [0.3, 0.4) is 0 Å². The molecule has 2 fully saturated rings. The zero-order valence-corrected chi connectivity index (χ0v) is 17.3. The third-order valence-corrected chi connectivity index (χ3v) is 6.69. The Hall–Kier alpha value is -2.78. The Balaban J connectivity index is 1.49. The minimum absolute atomic E-state index is 0.00206. The molecule has 1 aliphatic carbocycles. The Labute approximate surface area is 182 Å². The van der Waals surface area contributed by atoms with Gasteiger partial charge in [-0.25, -0.2) is 4.79 Å². The van der Waals surface area contributed by atoms with Crippen LogP contribution in [-0.2, 0) is 20.8 Å². The summed E-state index contributed by atoms with van der Waals surface area (Å²) in [5.74, 6) is -6.03. The number of carboxylic acid groups (broad SMARTS) is 1. The molecular weight excluding hydrogens is 431 g/mol. The van der Waals surface area contributed by atoms with E-state index in [2.05, 4.69) is 0 Å². The van der Waals surface area contributed by atoms with Gasteiger partial charge in [0.2, 0.25) is 18.6 Å². The van der Waals surface area contributed by atoms with Gasteiger partial charge >= 0.3 is 12.1 Å². The van der Waals surface area contributed by atoms with E-state index in [0.29, 0.717) is 47.6 Å². The zero-order valence-electron chi connectivity index (χ0n) is 17.3. The summed E-state index contributed by atoms with van der Waals surface area (Å²) < 4.78 is 51.7. The fourth-order valence-corrected chi connectivity index (χ4v) is 5.07. The van der Waals surface area contributed by atoms with Crippen molar-refractivity contribution < 1.29 is 42.1 Å². The monoisotopic (exact) mass is 455 g/mol. The molecule has 2 heterocycles. The summed E-state index contributed by atoms with van der Waals surface area (Å²) in [5, 5.41) is 9.63. The van der Waals surface area contributed by atoms with E-state index < -0.39 is 54.2 Å². The fourth-order valence-electron chi connectivity index (χ4n) is 5.07. The molecule has 7 nitrogen and oxygen atoms in total. The number of amides is 2. The van der Waals surface area contributed by atoms with Crippen LogP contribution in [0.4, 0.5) is 13.2 Å². The Bertz CT molecular complexity index is 911. The second kappa shape index (κ2) is 8.63. The molecule has 3 atom stereocenters. The molecule has 0 aromatic heterocycles. The number of alkyl halides is 3. The van der Waals surface area contributed by atoms with Gasteiger partial charge in [0.05, 0.1) is 11.8 Å². The van der Waals surface area contributed by atoms with Crippen LogP contribution >= 0.6 is 0 Å². The highest BCUT2D eigenvalue weighted by Crippen LogP contribution is 2.44. The number of likely N-dealkylation sites (tertiary alicyclic amines) is 1. The van der Waals surface area contributed by atoms with Crippen molar-refractivity contribution in [2.24, 2.45) is 17.8 Å². The van der Waals surface area contributed by atoms with Gasteiger partial charge in [0.1, 0.15) is 6.04 Å². The number of hydrogen-bond donors (Lipinski definition) is 1. The normalized spacial score (nSPS) is 24.2. The Morgan fingerprint density at radius 1 is 1.16 bits per heavy atom. The van der Waals surface area contributed by atoms with Crippen molar-refractivity contribution in [3.8, 4) is 11.5 Å². The van der Waals surface area contributed by atoms with Gasteiger partial charge in [-0.05, 0) is 36.8 Å². The van der Waals surface area contributed by atoms with Crippen LogP contribution in [0.1, 0.15) is 44.1 Å². The van der Waals surface area contributed by atoms with Gasteiger partial charge < -0.3 is 14.6 Å². The molecule has 32 heavy (non-hydrogen) atoms. The van der Waals surface area contributed by atoms with Crippen molar-refractivity contribution >= 4 is 17.8 Å². The van der Waals surface area contributed by atoms with Crippen LogP contribution in [0.25, 0.3) is 0 Å². The van der Waals surface area contributed by atoms with Crippen molar-refractivity contribution in [3.05, 3.63) is 23.8 Å². The SMILES string of the molecule is O=C(O)[C@@H]1[C@@H](Cc2cccc3c2OCO3)C(=O)N1C(=O)C[C@@H](C1CCCCC1)C(F)(F)F. The largest absolute Gasteiger partial charge is 0.480 e. The third kappa shape index (κ3) is 4.14. The Morgan fingerprint density at radius 3 is 2.53 bits per heavy atom. The molecule has 1 aromatic carbocycles. The maximum Gasteiger partial charge on any atom is 0.392 e. The molecule has 3 aliphatic rings. The number of carbonyl (C=O) groups excluding carboxylic acids is 2. The van der Waals surface area contributed by atoms with Gasteiger partial charge in [-0.1, -0.05) is 31.4 Å². The summed E-state index contributed by atoms with van der Waals surface area (Å²) in [6.07, 6.45) is -2.57. The molecule has 0 spiro atoms. The van der Waals surface area contributed by atoms with Gasteiger partial charge in [0.25, 0.3) is 0 Å². The smallest absolute Gasteiger partial charge is 0.392 e. The molecule has 2 amide bonds. The average Bonchev–Trinajstić information content (AvgIpc) is 3.22. The van der Waals surface area contributed by atoms with Gasteiger partial charge in [-0.2, -0.15) is 13.2 Å². The number of imide groups is 1. The lowest BCUT2D eigenvalue weighted by Gasteiger charge is -2.44. The number of fused-ring (bicyclic) bond motifs is 1. The van der Waals surface area contributed by atoms with E-state index in [0.717, 1.165) is 6.42 Å². The van der Waals surface area contributed by atoms with Gasteiger partial charge in [0, 0.05) is 6.42 Å². The number of carboxylic acids is 1. The van der Waals surface area contributed by atoms with Crippen LogP contribution in [0, 0.1) is 17.8 Å². The van der Waals surface area contributed by atoms with E-state index in [1.54, 1.807) is 18.2 Å². The summed E-state index contributed by atoms with van der Waals surface area (Å²) >= 11 is 0. The van der Waals surface area contributed by atoms with E-state index in [9.17, 15) is 32.7 Å². The number of halogens is 3. The predicted octanol–water partition coefficient (Wildman–Crippen LogP) is 3.54. The van der Waals surface area contributed by atoms with Crippen molar-refractivity contribution in [3.63, 3.8) is 0 Å². The number of ether oxygens (including phenoxy) is 2. The summed E-state index contributed by atoms with van der Waals surface area (Å²) in [6.45, 7) is -0.00206. The molecule has 10 heteroatoms. The second-order valence-electron chi connectivity index (χ2n) is 8.60. The lowest BCUT2D eigenvalue weighted by molar-refractivity contribution is -0.200. The minimum Gasteiger partial charge on any atom is -0.480 e. The standard InChI is InChI=1S/C22H24F3NO6/c23-22(24,25)15(12-5-2-1-3-6-12)10-17(27)26-18(21(29)30)14(20(26)28)9-13-7-4-8-16-19(13)32-11-31-16/h4,7-8,12,14-15,18H,1-3,5-6,9-11H2,(H,29,30)/t14-,15+,18+/m1/s1. The van der Waals surface area contributed by atoms with Crippen LogP contribution in [0.5, 0.6) is 11.5 Å². The minimum atomic E-state index is -4.59. The second-order valence-corrected chi connectivity index (χ2v) is 8.60. The first-order valence-electron chi connectivity index (χ1n) is 10.7. The number of carbonyl (C=O) groups is 3. The van der Waals surface area contributed by atoms with Crippen molar-refractivity contribution in [2.75, 3.05) is 6.79 Å². The number of benzene rings is 1. The number of rotatable bonds is 6. The molecule has 0 bridgehead atoms. The van der Waals surface area contributed by atoms with E-state index in [4.69, 9.17) is 9.47 Å². The van der Waals surface area contributed by atoms with Crippen LogP contribution in [0.2, 0.25) is 0 Å². The lowest BCUT2D eigenvalue weighted by Crippen LogP contribution is -2.67. The first kappa shape index (κ1) is 22.4. The van der Waals surface area contributed by atoms with E-state index >= 15 is 0 Å². The van der Waals surface area contributed by atoms with Crippen molar-refractivity contribution in [2.45, 2.75) is 57.2 Å². The quantitative estimate of drug-likeness (QED) is 0.660. The highest BCUT2D eigenvalue weighted by Gasteiger charge is 2.56. The van der Waals surface area contributed by atoms with Crippen molar-refractivity contribution in [1.29, 1.82) is 0 Å². The van der Waals surface area contributed by atoms with Gasteiger partial charge in [-0.15, -0.1) is 0 Å². The fraction of sp³-hybridized carbons (Fsp3) is 0.591. The molecule has 1 N–H and O–H groups in total. The first-order valence-corrected chi connectivity index (χ1v) is 10.7. The molecule has 0 radical (unpaired) electrons. The molecule has 1 aromatic rings. The number of para-hydroxylation sites is 1. The van der Waals surface area contributed by atoms with Crippen LogP contribution < -0.4 is 9.47 Å².